The zero-order chi connectivity index (χ0) is 19.4. The summed E-state index contributed by atoms with van der Waals surface area (Å²) < 4.78 is 5.53. The quantitative estimate of drug-likeness (QED) is 0.875. The zero-order valence-corrected chi connectivity index (χ0v) is 16.7. The molecular formula is C21H31N3O3. The second-order valence-electron chi connectivity index (χ2n) is 8.23. The maximum Gasteiger partial charge on any atom is 0.251 e. The minimum atomic E-state index is -0.103. The highest BCUT2D eigenvalue weighted by atomic mass is 16.5. The second-order valence-corrected chi connectivity index (χ2v) is 8.23. The molecule has 0 aromatic heterocycles. The van der Waals surface area contributed by atoms with Crippen LogP contribution >= 0.6 is 0 Å². The van der Waals surface area contributed by atoms with Crippen LogP contribution in [0.25, 0.3) is 0 Å². The standard InChI is InChI=1S/C21H31N3O3/c1-16-6-4-5-7-18(16)20(26)22-17-8-10-23(11-9-17)19(25)14-24-12-13-27-15-21(24,2)3/h4-7,17H,8-15H2,1-3H3,(H,22,26). The van der Waals surface area contributed by atoms with Crippen molar-refractivity contribution in [1.82, 2.24) is 15.1 Å². The molecule has 2 heterocycles. The highest BCUT2D eigenvalue weighted by molar-refractivity contribution is 5.95. The average molecular weight is 373 g/mol. The van der Waals surface area contributed by atoms with Crippen molar-refractivity contribution in [1.29, 1.82) is 0 Å². The Balaban J connectivity index is 1.48. The van der Waals surface area contributed by atoms with Crippen LogP contribution in [-0.4, -0.2) is 72.6 Å². The van der Waals surface area contributed by atoms with Crippen LogP contribution in [-0.2, 0) is 9.53 Å². The molecule has 2 saturated heterocycles. The van der Waals surface area contributed by atoms with Gasteiger partial charge in [0, 0.05) is 36.8 Å². The molecule has 0 aliphatic carbocycles. The molecule has 0 saturated carbocycles. The van der Waals surface area contributed by atoms with E-state index in [9.17, 15) is 9.59 Å². The first-order valence-corrected chi connectivity index (χ1v) is 9.84. The molecule has 3 rings (SSSR count). The lowest BCUT2D eigenvalue weighted by molar-refractivity contribution is -0.138. The highest BCUT2D eigenvalue weighted by Gasteiger charge is 2.33. The van der Waals surface area contributed by atoms with E-state index < -0.39 is 0 Å². The van der Waals surface area contributed by atoms with Crippen molar-refractivity contribution in [3.8, 4) is 0 Å². The summed E-state index contributed by atoms with van der Waals surface area (Å²) >= 11 is 0. The minimum Gasteiger partial charge on any atom is -0.378 e. The monoisotopic (exact) mass is 373 g/mol. The Kier molecular flexibility index (Phi) is 6.17. The van der Waals surface area contributed by atoms with Crippen LogP contribution in [0, 0.1) is 6.92 Å². The summed E-state index contributed by atoms with van der Waals surface area (Å²) in [6.07, 6.45) is 1.60. The third-order valence-corrected chi connectivity index (χ3v) is 5.72. The van der Waals surface area contributed by atoms with E-state index in [0.29, 0.717) is 32.8 Å². The lowest BCUT2D eigenvalue weighted by Gasteiger charge is -2.43. The number of likely N-dealkylation sites (tertiary alicyclic amines) is 1. The normalized spacial score (nSPS) is 21.1. The zero-order valence-electron chi connectivity index (χ0n) is 16.7. The molecule has 1 N–H and O–H groups in total. The van der Waals surface area contributed by atoms with Crippen LogP contribution in [0.5, 0.6) is 0 Å². The number of ether oxygens (including phenoxy) is 1. The molecule has 6 nitrogen and oxygen atoms in total. The molecule has 2 fully saturated rings. The average Bonchev–Trinajstić information content (AvgIpc) is 2.64. The number of hydrogen-bond acceptors (Lipinski definition) is 4. The van der Waals surface area contributed by atoms with Crippen molar-refractivity contribution in [3.05, 3.63) is 35.4 Å². The fourth-order valence-corrected chi connectivity index (χ4v) is 3.81. The molecule has 0 spiro atoms. The first-order chi connectivity index (χ1) is 12.9. The van der Waals surface area contributed by atoms with Crippen LogP contribution in [0.1, 0.15) is 42.6 Å². The summed E-state index contributed by atoms with van der Waals surface area (Å²) in [6.45, 7) is 10.2. The summed E-state index contributed by atoms with van der Waals surface area (Å²) in [5.74, 6) is 0.154. The third-order valence-electron chi connectivity index (χ3n) is 5.72. The van der Waals surface area contributed by atoms with Crippen molar-refractivity contribution in [3.63, 3.8) is 0 Å². The number of piperidine rings is 1. The van der Waals surface area contributed by atoms with Gasteiger partial charge in [-0.3, -0.25) is 14.5 Å². The van der Waals surface area contributed by atoms with Gasteiger partial charge in [0.25, 0.3) is 5.91 Å². The van der Waals surface area contributed by atoms with Gasteiger partial charge in [-0.05, 0) is 45.2 Å². The maximum atomic E-state index is 12.7. The summed E-state index contributed by atoms with van der Waals surface area (Å²) in [7, 11) is 0. The predicted octanol–water partition coefficient (Wildman–Crippen LogP) is 1.83. The van der Waals surface area contributed by atoms with Gasteiger partial charge in [-0.25, -0.2) is 0 Å². The molecule has 0 unspecified atom stereocenters. The van der Waals surface area contributed by atoms with Crippen LogP contribution in [0.3, 0.4) is 0 Å². The van der Waals surface area contributed by atoms with E-state index in [1.807, 2.05) is 36.1 Å². The van der Waals surface area contributed by atoms with Crippen molar-refractivity contribution < 1.29 is 14.3 Å². The molecule has 148 valence electrons. The van der Waals surface area contributed by atoms with Gasteiger partial charge in [0.2, 0.25) is 5.91 Å². The third kappa shape index (κ3) is 4.87. The van der Waals surface area contributed by atoms with Gasteiger partial charge in [0.05, 0.1) is 19.8 Å². The summed E-state index contributed by atoms with van der Waals surface area (Å²) in [4.78, 5) is 29.3. The lowest BCUT2D eigenvalue weighted by Crippen LogP contribution is -2.57. The van der Waals surface area contributed by atoms with E-state index in [2.05, 4.69) is 24.1 Å². The topological polar surface area (TPSA) is 61.9 Å². The van der Waals surface area contributed by atoms with E-state index in [1.165, 1.54) is 0 Å². The van der Waals surface area contributed by atoms with Gasteiger partial charge in [-0.1, -0.05) is 18.2 Å². The maximum absolute atomic E-state index is 12.7. The molecule has 1 aromatic rings. The SMILES string of the molecule is Cc1ccccc1C(=O)NC1CCN(C(=O)CN2CCOCC2(C)C)CC1. The Labute approximate surface area is 161 Å². The number of carbonyl (C=O) groups excluding carboxylic acids is 2. The van der Waals surface area contributed by atoms with Gasteiger partial charge >= 0.3 is 0 Å². The van der Waals surface area contributed by atoms with Gasteiger partial charge in [0.1, 0.15) is 0 Å². The smallest absolute Gasteiger partial charge is 0.251 e. The lowest BCUT2D eigenvalue weighted by atomic mass is 10.0. The molecule has 0 bridgehead atoms. The number of rotatable bonds is 4. The van der Waals surface area contributed by atoms with E-state index >= 15 is 0 Å². The Morgan fingerprint density at radius 2 is 1.89 bits per heavy atom. The first kappa shape index (κ1) is 19.8. The highest BCUT2D eigenvalue weighted by Crippen LogP contribution is 2.20. The number of nitrogens with one attached hydrogen (secondary N) is 1. The largest absolute Gasteiger partial charge is 0.378 e. The van der Waals surface area contributed by atoms with Crippen LogP contribution in [0.4, 0.5) is 0 Å². The summed E-state index contributed by atoms with van der Waals surface area (Å²) in [6, 6.07) is 7.75. The molecule has 6 heteroatoms. The van der Waals surface area contributed by atoms with Gasteiger partial charge < -0.3 is 15.0 Å². The van der Waals surface area contributed by atoms with Gasteiger partial charge in [0.15, 0.2) is 0 Å². The second kappa shape index (κ2) is 8.40. The summed E-state index contributed by atoms with van der Waals surface area (Å²) in [5, 5.41) is 3.13. The Morgan fingerprint density at radius 3 is 2.56 bits per heavy atom. The fourth-order valence-electron chi connectivity index (χ4n) is 3.81. The molecule has 27 heavy (non-hydrogen) atoms. The Bertz CT molecular complexity index is 681. The molecule has 0 radical (unpaired) electrons. The number of carbonyl (C=O) groups is 2. The number of hydrogen-bond donors (Lipinski definition) is 1. The van der Waals surface area contributed by atoms with Crippen LogP contribution in [0.15, 0.2) is 24.3 Å². The van der Waals surface area contributed by atoms with Crippen LogP contribution in [0.2, 0.25) is 0 Å². The van der Waals surface area contributed by atoms with Crippen LogP contribution < -0.4 is 5.32 Å². The van der Waals surface area contributed by atoms with Crippen molar-refractivity contribution >= 4 is 11.8 Å². The number of amides is 2. The molecule has 2 aliphatic rings. The summed E-state index contributed by atoms with van der Waals surface area (Å²) in [5.41, 5.74) is 1.61. The fraction of sp³-hybridized carbons (Fsp3) is 0.619. The van der Waals surface area contributed by atoms with E-state index in [4.69, 9.17) is 4.74 Å². The van der Waals surface area contributed by atoms with Gasteiger partial charge in [-0.15, -0.1) is 0 Å². The van der Waals surface area contributed by atoms with E-state index in [0.717, 1.165) is 30.5 Å². The molecule has 2 amide bonds. The molecule has 1 aromatic carbocycles. The van der Waals surface area contributed by atoms with E-state index in [-0.39, 0.29) is 23.4 Å². The van der Waals surface area contributed by atoms with Crippen molar-refractivity contribution in [2.24, 2.45) is 0 Å². The van der Waals surface area contributed by atoms with Crippen molar-refractivity contribution in [2.45, 2.75) is 45.2 Å². The first-order valence-electron chi connectivity index (χ1n) is 9.84. The number of aryl methyl sites for hydroxylation is 1. The van der Waals surface area contributed by atoms with Gasteiger partial charge in [-0.2, -0.15) is 0 Å². The minimum absolute atomic E-state index is 0.0204. The Hall–Kier alpha value is -1.92. The Morgan fingerprint density at radius 1 is 1.19 bits per heavy atom. The number of morpholine rings is 1. The number of nitrogens with zero attached hydrogens (tertiary/aromatic N) is 2. The van der Waals surface area contributed by atoms with Crippen molar-refractivity contribution in [2.75, 3.05) is 39.4 Å². The molecule has 2 aliphatic heterocycles. The molecule has 0 atom stereocenters. The predicted molar refractivity (Wildman–Crippen MR) is 105 cm³/mol. The number of benzene rings is 1. The molecular weight excluding hydrogens is 342 g/mol. The van der Waals surface area contributed by atoms with E-state index in [1.54, 1.807) is 0 Å².